The van der Waals surface area contributed by atoms with E-state index in [1.54, 1.807) is 0 Å². The molecule has 0 aromatic carbocycles. The summed E-state index contributed by atoms with van der Waals surface area (Å²) in [5, 5.41) is 0. The number of hydrogen-bond acceptors (Lipinski definition) is 1. The standard InChI is InChI=1S/C10H16O/c1-8-5-6-9(11-8)7-10(2,3)4/h7H,1,5-6H2,2-4H3/b9-7+. The lowest BCUT2D eigenvalue weighted by Gasteiger charge is -2.12. The summed E-state index contributed by atoms with van der Waals surface area (Å²) in [6, 6.07) is 0. The van der Waals surface area contributed by atoms with Crippen molar-refractivity contribution in [3.8, 4) is 0 Å². The van der Waals surface area contributed by atoms with Gasteiger partial charge >= 0.3 is 0 Å². The first-order valence-corrected chi connectivity index (χ1v) is 4.05. The van der Waals surface area contributed by atoms with Crippen LogP contribution in [0, 0.1) is 5.41 Å². The van der Waals surface area contributed by atoms with E-state index in [9.17, 15) is 0 Å². The highest BCUT2D eigenvalue weighted by Gasteiger charge is 2.15. The molecule has 0 aliphatic carbocycles. The Morgan fingerprint density at radius 1 is 1.36 bits per heavy atom. The Morgan fingerprint density at radius 3 is 2.36 bits per heavy atom. The summed E-state index contributed by atoms with van der Waals surface area (Å²) in [4.78, 5) is 0. The van der Waals surface area contributed by atoms with Crippen LogP contribution in [0.3, 0.4) is 0 Å². The van der Waals surface area contributed by atoms with E-state index in [4.69, 9.17) is 4.74 Å². The Hall–Kier alpha value is -0.720. The molecule has 0 aromatic rings. The van der Waals surface area contributed by atoms with Gasteiger partial charge in [0.1, 0.15) is 5.76 Å². The highest BCUT2D eigenvalue weighted by atomic mass is 16.5. The first-order valence-electron chi connectivity index (χ1n) is 4.05. The van der Waals surface area contributed by atoms with E-state index in [1.807, 2.05) is 0 Å². The summed E-state index contributed by atoms with van der Waals surface area (Å²) in [7, 11) is 0. The number of rotatable bonds is 0. The zero-order chi connectivity index (χ0) is 8.48. The third-order valence-electron chi connectivity index (χ3n) is 1.52. The molecule has 1 aliphatic heterocycles. The largest absolute Gasteiger partial charge is 0.467 e. The molecule has 0 bridgehead atoms. The molecule has 0 atom stereocenters. The fraction of sp³-hybridized carbons (Fsp3) is 0.600. The van der Waals surface area contributed by atoms with Crippen molar-refractivity contribution in [1.82, 2.24) is 0 Å². The third kappa shape index (κ3) is 2.79. The zero-order valence-electron chi connectivity index (χ0n) is 7.61. The molecular formula is C10H16O. The molecule has 0 N–H and O–H groups in total. The van der Waals surface area contributed by atoms with E-state index in [2.05, 4.69) is 33.4 Å². The van der Waals surface area contributed by atoms with Gasteiger partial charge in [0.2, 0.25) is 0 Å². The Labute approximate surface area is 68.8 Å². The Morgan fingerprint density at radius 2 is 2.00 bits per heavy atom. The summed E-state index contributed by atoms with van der Waals surface area (Å²) < 4.78 is 5.40. The van der Waals surface area contributed by atoms with Gasteiger partial charge in [0.15, 0.2) is 0 Å². The van der Waals surface area contributed by atoms with Crippen LogP contribution in [0.5, 0.6) is 0 Å². The average Bonchev–Trinajstić information content (AvgIpc) is 2.10. The predicted molar refractivity (Wildman–Crippen MR) is 47.0 cm³/mol. The van der Waals surface area contributed by atoms with Crippen LogP contribution in [-0.4, -0.2) is 0 Å². The fourth-order valence-electron chi connectivity index (χ4n) is 1.13. The van der Waals surface area contributed by atoms with E-state index in [0.29, 0.717) is 0 Å². The molecule has 0 amide bonds. The van der Waals surface area contributed by atoms with Crippen LogP contribution in [0.15, 0.2) is 24.2 Å². The van der Waals surface area contributed by atoms with Gasteiger partial charge < -0.3 is 4.74 Å². The van der Waals surface area contributed by atoms with Crippen LogP contribution in [0.1, 0.15) is 33.6 Å². The van der Waals surface area contributed by atoms with Crippen LogP contribution >= 0.6 is 0 Å². The van der Waals surface area contributed by atoms with Crippen molar-refractivity contribution in [2.24, 2.45) is 5.41 Å². The van der Waals surface area contributed by atoms with Gasteiger partial charge in [-0.1, -0.05) is 27.4 Å². The van der Waals surface area contributed by atoms with E-state index >= 15 is 0 Å². The van der Waals surface area contributed by atoms with Crippen molar-refractivity contribution in [2.75, 3.05) is 0 Å². The maximum absolute atomic E-state index is 5.40. The molecule has 1 nitrogen and oxygen atoms in total. The number of hydrogen-bond donors (Lipinski definition) is 0. The van der Waals surface area contributed by atoms with Crippen molar-refractivity contribution in [1.29, 1.82) is 0 Å². The van der Waals surface area contributed by atoms with Crippen LogP contribution in [-0.2, 0) is 4.74 Å². The summed E-state index contributed by atoms with van der Waals surface area (Å²) in [5.41, 5.74) is 0.222. The molecular weight excluding hydrogens is 136 g/mol. The maximum Gasteiger partial charge on any atom is 0.101 e. The smallest absolute Gasteiger partial charge is 0.101 e. The molecule has 0 unspecified atom stereocenters. The average molecular weight is 152 g/mol. The van der Waals surface area contributed by atoms with Crippen molar-refractivity contribution in [3.63, 3.8) is 0 Å². The van der Waals surface area contributed by atoms with Gasteiger partial charge in [0.25, 0.3) is 0 Å². The normalized spacial score (nSPS) is 22.5. The van der Waals surface area contributed by atoms with Crippen molar-refractivity contribution in [2.45, 2.75) is 33.6 Å². The second-order valence-corrected chi connectivity index (χ2v) is 4.12. The monoisotopic (exact) mass is 152 g/mol. The second-order valence-electron chi connectivity index (χ2n) is 4.12. The van der Waals surface area contributed by atoms with E-state index in [-0.39, 0.29) is 5.41 Å². The number of allylic oxidation sites excluding steroid dienone is 3. The highest BCUT2D eigenvalue weighted by Crippen LogP contribution is 2.28. The minimum atomic E-state index is 0.222. The molecule has 1 saturated heterocycles. The predicted octanol–water partition coefficient (Wildman–Crippen LogP) is 3.24. The lowest BCUT2D eigenvalue weighted by Crippen LogP contribution is -2.00. The molecule has 62 valence electrons. The summed E-state index contributed by atoms with van der Waals surface area (Å²) >= 11 is 0. The van der Waals surface area contributed by atoms with Crippen molar-refractivity contribution >= 4 is 0 Å². The molecule has 1 aliphatic rings. The van der Waals surface area contributed by atoms with Crippen LogP contribution in [0.2, 0.25) is 0 Å². The summed E-state index contributed by atoms with van der Waals surface area (Å²) in [6.45, 7) is 10.3. The van der Waals surface area contributed by atoms with Crippen molar-refractivity contribution < 1.29 is 4.74 Å². The molecule has 1 fully saturated rings. The molecule has 0 saturated carbocycles. The minimum absolute atomic E-state index is 0.222. The van der Waals surface area contributed by atoms with Gasteiger partial charge in [0, 0.05) is 12.8 Å². The molecule has 0 spiro atoms. The second kappa shape index (κ2) is 2.72. The van der Waals surface area contributed by atoms with Crippen LogP contribution < -0.4 is 0 Å². The van der Waals surface area contributed by atoms with Gasteiger partial charge in [-0.05, 0) is 11.5 Å². The zero-order valence-corrected chi connectivity index (χ0v) is 7.61. The summed E-state index contributed by atoms with van der Waals surface area (Å²) in [5.74, 6) is 1.99. The maximum atomic E-state index is 5.40. The van der Waals surface area contributed by atoms with Gasteiger partial charge in [0.05, 0.1) is 5.76 Å². The molecule has 0 radical (unpaired) electrons. The lowest BCUT2D eigenvalue weighted by molar-refractivity contribution is 0.331. The van der Waals surface area contributed by atoms with Gasteiger partial charge in [-0.25, -0.2) is 0 Å². The van der Waals surface area contributed by atoms with Gasteiger partial charge in [-0.2, -0.15) is 0 Å². The Kier molecular flexibility index (Phi) is 2.08. The number of ether oxygens (including phenoxy) is 1. The topological polar surface area (TPSA) is 9.23 Å². The third-order valence-corrected chi connectivity index (χ3v) is 1.52. The highest BCUT2D eigenvalue weighted by molar-refractivity contribution is 5.10. The summed E-state index contributed by atoms with van der Waals surface area (Å²) in [6.07, 6.45) is 4.18. The first kappa shape index (κ1) is 8.38. The molecule has 1 heterocycles. The minimum Gasteiger partial charge on any atom is -0.467 e. The Bertz CT molecular complexity index is 193. The van der Waals surface area contributed by atoms with Gasteiger partial charge in [-0.15, -0.1) is 0 Å². The van der Waals surface area contributed by atoms with E-state index in [1.165, 1.54) is 0 Å². The van der Waals surface area contributed by atoms with E-state index < -0.39 is 0 Å². The van der Waals surface area contributed by atoms with E-state index in [0.717, 1.165) is 24.4 Å². The quantitative estimate of drug-likeness (QED) is 0.517. The van der Waals surface area contributed by atoms with Crippen molar-refractivity contribution in [3.05, 3.63) is 24.2 Å². The lowest BCUT2D eigenvalue weighted by atomic mass is 9.95. The van der Waals surface area contributed by atoms with Crippen LogP contribution in [0.25, 0.3) is 0 Å². The first-order chi connectivity index (χ1) is 4.97. The molecule has 11 heavy (non-hydrogen) atoms. The van der Waals surface area contributed by atoms with Crippen LogP contribution in [0.4, 0.5) is 0 Å². The Balaban J connectivity index is 2.62. The molecule has 0 aromatic heterocycles. The fourth-order valence-corrected chi connectivity index (χ4v) is 1.13. The van der Waals surface area contributed by atoms with Gasteiger partial charge in [-0.3, -0.25) is 0 Å². The molecule has 1 heteroatoms. The molecule has 1 rings (SSSR count). The SMILES string of the molecule is C=C1CC/C(=C\C(C)(C)C)O1.